The minimum atomic E-state index is -0.362. The Morgan fingerprint density at radius 3 is 2.28 bits per heavy atom. The van der Waals surface area contributed by atoms with Gasteiger partial charge in [0, 0.05) is 25.3 Å². The molecule has 0 heterocycles. The van der Waals surface area contributed by atoms with E-state index in [0.29, 0.717) is 6.54 Å². The van der Waals surface area contributed by atoms with Crippen molar-refractivity contribution in [2.45, 2.75) is 20.4 Å². The molecule has 0 saturated carbocycles. The van der Waals surface area contributed by atoms with Crippen LogP contribution in [-0.4, -0.2) is 19.0 Å². The van der Waals surface area contributed by atoms with Gasteiger partial charge in [-0.25, -0.2) is 0 Å². The van der Waals surface area contributed by atoms with E-state index in [4.69, 9.17) is 0 Å². The van der Waals surface area contributed by atoms with Gasteiger partial charge in [-0.05, 0) is 43.2 Å². The van der Waals surface area contributed by atoms with Crippen LogP contribution in [0.4, 0.5) is 5.69 Å². The van der Waals surface area contributed by atoms with Gasteiger partial charge in [0.15, 0.2) is 0 Å². The van der Waals surface area contributed by atoms with Crippen molar-refractivity contribution in [1.82, 2.24) is 5.32 Å². The molecule has 0 radical (unpaired) electrons. The van der Waals surface area contributed by atoms with Crippen LogP contribution in [0, 0.1) is 11.3 Å². The second-order valence-corrected chi connectivity index (χ2v) is 5.60. The Morgan fingerprint density at radius 2 is 1.72 bits per heavy atom. The second kappa shape index (κ2) is 9.29. The average molecular weight is 333 g/mol. The topological polar surface area (TPSA) is 56.1 Å². The average Bonchev–Trinajstić information content (AvgIpc) is 2.67. The lowest BCUT2D eigenvalue weighted by molar-refractivity contribution is -0.117. The van der Waals surface area contributed by atoms with Crippen LogP contribution in [0.1, 0.15) is 25.0 Å². The highest BCUT2D eigenvalue weighted by atomic mass is 16.1. The molecule has 25 heavy (non-hydrogen) atoms. The number of hydrogen-bond acceptors (Lipinski definition) is 3. The summed E-state index contributed by atoms with van der Waals surface area (Å²) in [7, 11) is 0. The van der Waals surface area contributed by atoms with E-state index in [-0.39, 0.29) is 11.5 Å². The van der Waals surface area contributed by atoms with E-state index in [9.17, 15) is 10.1 Å². The van der Waals surface area contributed by atoms with Crippen LogP contribution in [0.15, 0.2) is 60.2 Å². The van der Waals surface area contributed by atoms with E-state index in [1.54, 1.807) is 6.08 Å². The number of carbonyl (C=O) groups is 1. The lowest BCUT2D eigenvalue weighted by Crippen LogP contribution is -2.23. The standard InChI is InChI=1S/C21H23N3O/c1-3-24(4-2)20-12-10-17(11-13-20)14-19(15-22)21(25)23-16-18-8-6-5-7-9-18/h5-14H,3-4,16H2,1-2H3,(H,23,25). The second-order valence-electron chi connectivity index (χ2n) is 5.60. The van der Waals surface area contributed by atoms with Crippen molar-refractivity contribution in [2.24, 2.45) is 0 Å². The van der Waals surface area contributed by atoms with Crippen molar-refractivity contribution < 1.29 is 4.79 Å². The number of carbonyl (C=O) groups excluding carboxylic acids is 1. The summed E-state index contributed by atoms with van der Waals surface area (Å²) < 4.78 is 0. The maximum Gasteiger partial charge on any atom is 0.262 e. The quantitative estimate of drug-likeness (QED) is 0.620. The molecular formula is C21H23N3O. The molecule has 128 valence electrons. The molecule has 0 bridgehead atoms. The van der Waals surface area contributed by atoms with E-state index < -0.39 is 0 Å². The summed E-state index contributed by atoms with van der Waals surface area (Å²) in [4.78, 5) is 14.5. The summed E-state index contributed by atoms with van der Waals surface area (Å²) in [6.45, 7) is 6.51. The first-order valence-electron chi connectivity index (χ1n) is 8.46. The number of nitriles is 1. The zero-order chi connectivity index (χ0) is 18.1. The highest BCUT2D eigenvalue weighted by Gasteiger charge is 2.09. The zero-order valence-corrected chi connectivity index (χ0v) is 14.7. The Kier molecular flexibility index (Phi) is 6.79. The van der Waals surface area contributed by atoms with Crippen LogP contribution in [0.2, 0.25) is 0 Å². The van der Waals surface area contributed by atoms with Crippen molar-refractivity contribution in [2.75, 3.05) is 18.0 Å². The van der Waals surface area contributed by atoms with Crippen LogP contribution < -0.4 is 10.2 Å². The summed E-state index contributed by atoms with van der Waals surface area (Å²) in [6, 6.07) is 19.5. The van der Waals surface area contributed by atoms with Gasteiger partial charge in [0.25, 0.3) is 5.91 Å². The Morgan fingerprint density at radius 1 is 1.08 bits per heavy atom. The van der Waals surface area contributed by atoms with Gasteiger partial charge in [0.2, 0.25) is 0 Å². The van der Waals surface area contributed by atoms with Gasteiger partial charge in [0.05, 0.1) is 0 Å². The van der Waals surface area contributed by atoms with Crippen LogP contribution >= 0.6 is 0 Å². The van der Waals surface area contributed by atoms with E-state index in [1.165, 1.54) is 0 Å². The van der Waals surface area contributed by atoms with E-state index in [1.807, 2.05) is 60.7 Å². The third-order valence-corrected chi connectivity index (χ3v) is 3.99. The first-order chi connectivity index (χ1) is 12.2. The smallest absolute Gasteiger partial charge is 0.262 e. The van der Waals surface area contributed by atoms with Gasteiger partial charge in [-0.2, -0.15) is 5.26 Å². The van der Waals surface area contributed by atoms with Crippen LogP contribution in [0.3, 0.4) is 0 Å². The van der Waals surface area contributed by atoms with E-state index in [0.717, 1.165) is 29.9 Å². The third-order valence-electron chi connectivity index (χ3n) is 3.99. The molecule has 4 nitrogen and oxygen atoms in total. The third kappa shape index (κ3) is 5.22. The fourth-order valence-electron chi connectivity index (χ4n) is 2.56. The Labute approximate surface area is 149 Å². The fourth-order valence-corrected chi connectivity index (χ4v) is 2.56. The summed E-state index contributed by atoms with van der Waals surface area (Å²) in [5.74, 6) is -0.362. The summed E-state index contributed by atoms with van der Waals surface area (Å²) >= 11 is 0. The molecule has 0 unspecified atom stereocenters. The molecule has 0 fully saturated rings. The molecule has 0 aromatic heterocycles. The summed E-state index contributed by atoms with van der Waals surface area (Å²) in [6.07, 6.45) is 1.62. The highest BCUT2D eigenvalue weighted by molar-refractivity contribution is 6.01. The van der Waals surface area contributed by atoms with Crippen molar-refractivity contribution in [3.05, 3.63) is 71.3 Å². The largest absolute Gasteiger partial charge is 0.372 e. The number of nitrogens with one attached hydrogen (secondary N) is 1. The van der Waals surface area contributed by atoms with Crippen LogP contribution in [0.5, 0.6) is 0 Å². The Balaban J connectivity index is 2.06. The van der Waals surface area contributed by atoms with Gasteiger partial charge in [-0.3, -0.25) is 4.79 Å². The molecule has 0 spiro atoms. The van der Waals surface area contributed by atoms with E-state index in [2.05, 4.69) is 24.1 Å². The number of anilines is 1. The van der Waals surface area contributed by atoms with E-state index >= 15 is 0 Å². The number of amides is 1. The predicted molar refractivity (Wildman–Crippen MR) is 102 cm³/mol. The van der Waals surface area contributed by atoms with Crippen LogP contribution in [-0.2, 0) is 11.3 Å². The van der Waals surface area contributed by atoms with Gasteiger partial charge in [0.1, 0.15) is 11.6 Å². The Hall–Kier alpha value is -3.06. The molecule has 0 aliphatic heterocycles. The van der Waals surface area contributed by atoms with Crippen molar-refractivity contribution in [3.8, 4) is 6.07 Å². The first-order valence-corrected chi connectivity index (χ1v) is 8.46. The lowest BCUT2D eigenvalue weighted by atomic mass is 10.1. The number of hydrogen-bond donors (Lipinski definition) is 1. The molecule has 0 saturated heterocycles. The Bertz CT molecular complexity index is 754. The van der Waals surface area contributed by atoms with Gasteiger partial charge < -0.3 is 10.2 Å². The number of benzene rings is 2. The molecule has 4 heteroatoms. The maximum atomic E-state index is 12.2. The summed E-state index contributed by atoms with van der Waals surface area (Å²) in [5.41, 5.74) is 3.07. The molecule has 0 aliphatic rings. The minimum absolute atomic E-state index is 0.103. The SMILES string of the molecule is CCN(CC)c1ccc(C=C(C#N)C(=O)NCc2ccccc2)cc1. The molecule has 0 atom stereocenters. The first kappa shape index (κ1) is 18.3. The van der Waals surface area contributed by atoms with Gasteiger partial charge >= 0.3 is 0 Å². The summed E-state index contributed by atoms with van der Waals surface area (Å²) in [5, 5.41) is 12.1. The van der Waals surface area contributed by atoms with Gasteiger partial charge in [-0.1, -0.05) is 42.5 Å². The maximum absolute atomic E-state index is 12.2. The molecule has 2 rings (SSSR count). The van der Waals surface area contributed by atoms with Crippen molar-refractivity contribution >= 4 is 17.7 Å². The number of rotatable bonds is 7. The molecule has 2 aromatic rings. The van der Waals surface area contributed by atoms with Gasteiger partial charge in [-0.15, -0.1) is 0 Å². The normalized spacial score (nSPS) is 10.8. The monoisotopic (exact) mass is 333 g/mol. The fraction of sp³-hybridized carbons (Fsp3) is 0.238. The van der Waals surface area contributed by atoms with Crippen LogP contribution in [0.25, 0.3) is 6.08 Å². The molecule has 2 aromatic carbocycles. The lowest BCUT2D eigenvalue weighted by Gasteiger charge is -2.20. The van der Waals surface area contributed by atoms with Crippen molar-refractivity contribution in [1.29, 1.82) is 5.26 Å². The highest BCUT2D eigenvalue weighted by Crippen LogP contribution is 2.16. The predicted octanol–water partition coefficient (Wildman–Crippen LogP) is 3.76. The van der Waals surface area contributed by atoms with Crippen molar-refractivity contribution in [3.63, 3.8) is 0 Å². The molecular weight excluding hydrogens is 310 g/mol. The molecule has 1 N–H and O–H groups in total. The zero-order valence-electron chi connectivity index (χ0n) is 14.7. The number of nitrogens with zero attached hydrogens (tertiary/aromatic N) is 2. The molecule has 0 aliphatic carbocycles. The molecule has 1 amide bonds. The minimum Gasteiger partial charge on any atom is -0.372 e.